The molecule has 0 unspecified atom stereocenters. The molecular weight excluding hydrogens is 259 g/mol. The number of nitrogens with one attached hydrogen (secondary N) is 1. The maximum atomic E-state index is 12.3. The van der Waals surface area contributed by atoms with Crippen molar-refractivity contribution >= 4 is 5.82 Å². The van der Waals surface area contributed by atoms with E-state index in [9.17, 15) is 13.2 Å². The summed E-state index contributed by atoms with van der Waals surface area (Å²) in [6.45, 7) is 2.44. The van der Waals surface area contributed by atoms with Crippen LogP contribution < -0.4 is 5.32 Å². The SMILES string of the molecule is CN(C)CCOCCNc1ccc(C(F)(F)F)cn1. The van der Waals surface area contributed by atoms with Gasteiger partial charge in [0, 0.05) is 19.3 Å². The Bertz CT molecular complexity index is 365. The third kappa shape index (κ3) is 6.40. The highest BCUT2D eigenvalue weighted by Gasteiger charge is 2.30. The van der Waals surface area contributed by atoms with Gasteiger partial charge in [0.05, 0.1) is 18.8 Å². The maximum Gasteiger partial charge on any atom is 0.417 e. The quantitative estimate of drug-likeness (QED) is 0.774. The lowest BCUT2D eigenvalue weighted by Gasteiger charge is -2.11. The van der Waals surface area contributed by atoms with Crippen molar-refractivity contribution in [3.63, 3.8) is 0 Å². The Labute approximate surface area is 110 Å². The van der Waals surface area contributed by atoms with Gasteiger partial charge < -0.3 is 15.0 Å². The van der Waals surface area contributed by atoms with Gasteiger partial charge in [-0.2, -0.15) is 13.2 Å². The summed E-state index contributed by atoms with van der Waals surface area (Å²) in [5.41, 5.74) is -0.750. The minimum Gasteiger partial charge on any atom is -0.378 e. The van der Waals surface area contributed by atoms with Crippen LogP contribution in [0, 0.1) is 0 Å². The number of rotatable bonds is 7. The molecule has 7 heteroatoms. The normalized spacial score (nSPS) is 11.9. The van der Waals surface area contributed by atoms with E-state index >= 15 is 0 Å². The molecule has 1 aromatic rings. The Morgan fingerprint density at radius 3 is 2.53 bits per heavy atom. The minimum atomic E-state index is -4.35. The van der Waals surface area contributed by atoms with E-state index in [-0.39, 0.29) is 0 Å². The Morgan fingerprint density at radius 2 is 2.00 bits per heavy atom. The summed E-state index contributed by atoms with van der Waals surface area (Å²) in [6, 6.07) is 2.31. The van der Waals surface area contributed by atoms with Gasteiger partial charge in [-0.1, -0.05) is 0 Å². The van der Waals surface area contributed by atoms with E-state index in [1.165, 1.54) is 6.07 Å². The Morgan fingerprint density at radius 1 is 1.26 bits per heavy atom. The van der Waals surface area contributed by atoms with Crippen LogP contribution in [0.25, 0.3) is 0 Å². The van der Waals surface area contributed by atoms with Crippen molar-refractivity contribution in [2.75, 3.05) is 45.7 Å². The predicted octanol–water partition coefficient (Wildman–Crippen LogP) is 2.09. The van der Waals surface area contributed by atoms with E-state index in [1.54, 1.807) is 0 Å². The number of hydrogen-bond donors (Lipinski definition) is 1. The number of likely N-dealkylation sites (N-methyl/N-ethyl adjacent to an activating group) is 1. The number of pyridine rings is 1. The van der Waals surface area contributed by atoms with E-state index < -0.39 is 11.7 Å². The van der Waals surface area contributed by atoms with Gasteiger partial charge in [0.2, 0.25) is 0 Å². The van der Waals surface area contributed by atoms with Gasteiger partial charge in [-0.15, -0.1) is 0 Å². The number of ether oxygens (including phenoxy) is 1. The van der Waals surface area contributed by atoms with Crippen molar-refractivity contribution in [2.24, 2.45) is 0 Å². The van der Waals surface area contributed by atoms with Crippen LogP contribution in [0.15, 0.2) is 18.3 Å². The Balaban J connectivity index is 2.23. The average molecular weight is 277 g/mol. The first-order valence-corrected chi connectivity index (χ1v) is 5.89. The molecule has 4 nitrogen and oxygen atoms in total. The van der Waals surface area contributed by atoms with Crippen molar-refractivity contribution in [1.29, 1.82) is 0 Å². The summed E-state index contributed by atoms with van der Waals surface area (Å²) >= 11 is 0. The zero-order valence-electron chi connectivity index (χ0n) is 11.0. The summed E-state index contributed by atoms with van der Waals surface area (Å²) < 4.78 is 42.2. The second-order valence-electron chi connectivity index (χ2n) is 4.27. The van der Waals surface area contributed by atoms with Gasteiger partial charge >= 0.3 is 6.18 Å². The fourth-order valence-corrected chi connectivity index (χ4v) is 1.27. The first-order chi connectivity index (χ1) is 8.89. The van der Waals surface area contributed by atoms with Crippen LogP contribution in [0.1, 0.15) is 5.56 Å². The average Bonchev–Trinajstić information content (AvgIpc) is 2.32. The number of anilines is 1. The highest BCUT2D eigenvalue weighted by molar-refractivity contribution is 5.35. The molecule has 0 aromatic carbocycles. The van der Waals surface area contributed by atoms with Gasteiger partial charge in [0.25, 0.3) is 0 Å². The molecule has 0 spiro atoms. The molecule has 19 heavy (non-hydrogen) atoms. The second kappa shape index (κ2) is 7.30. The number of nitrogens with zero attached hydrogens (tertiary/aromatic N) is 2. The van der Waals surface area contributed by atoms with Crippen molar-refractivity contribution in [3.05, 3.63) is 23.9 Å². The monoisotopic (exact) mass is 277 g/mol. The largest absolute Gasteiger partial charge is 0.417 e. The van der Waals surface area contributed by atoms with Crippen LogP contribution in [0.4, 0.5) is 19.0 Å². The molecule has 0 saturated carbocycles. The fourth-order valence-electron chi connectivity index (χ4n) is 1.27. The summed E-state index contributed by atoms with van der Waals surface area (Å²) in [5.74, 6) is 0.407. The van der Waals surface area contributed by atoms with Crippen LogP contribution in [-0.4, -0.2) is 50.3 Å². The topological polar surface area (TPSA) is 37.4 Å². The summed E-state index contributed by atoms with van der Waals surface area (Å²) in [4.78, 5) is 5.70. The first kappa shape index (κ1) is 15.7. The molecular formula is C12H18F3N3O. The van der Waals surface area contributed by atoms with E-state index in [0.717, 1.165) is 18.8 Å². The predicted molar refractivity (Wildman–Crippen MR) is 67.1 cm³/mol. The molecule has 0 atom stereocenters. The van der Waals surface area contributed by atoms with Crippen molar-refractivity contribution in [1.82, 2.24) is 9.88 Å². The smallest absolute Gasteiger partial charge is 0.378 e. The number of halogens is 3. The third-order valence-corrected chi connectivity index (χ3v) is 2.33. The highest BCUT2D eigenvalue weighted by Crippen LogP contribution is 2.28. The van der Waals surface area contributed by atoms with Crippen molar-refractivity contribution in [2.45, 2.75) is 6.18 Å². The van der Waals surface area contributed by atoms with E-state index in [4.69, 9.17) is 4.74 Å². The molecule has 0 aliphatic heterocycles. The number of alkyl halides is 3. The minimum absolute atomic E-state index is 0.407. The van der Waals surface area contributed by atoms with Crippen LogP contribution >= 0.6 is 0 Å². The van der Waals surface area contributed by atoms with Gasteiger partial charge in [0.1, 0.15) is 5.82 Å². The molecule has 1 heterocycles. The van der Waals surface area contributed by atoms with Crippen LogP contribution in [0.3, 0.4) is 0 Å². The maximum absolute atomic E-state index is 12.3. The zero-order chi connectivity index (χ0) is 14.3. The highest BCUT2D eigenvalue weighted by atomic mass is 19.4. The molecule has 108 valence electrons. The van der Waals surface area contributed by atoms with E-state index in [2.05, 4.69) is 10.3 Å². The number of hydrogen-bond acceptors (Lipinski definition) is 4. The summed E-state index contributed by atoms with van der Waals surface area (Å²) in [5, 5.41) is 2.89. The van der Waals surface area contributed by atoms with E-state index in [0.29, 0.717) is 25.6 Å². The van der Waals surface area contributed by atoms with Crippen LogP contribution in [0.5, 0.6) is 0 Å². The Hall–Kier alpha value is -1.34. The molecule has 0 fully saturated rings. The molecule has 0 aliphatic rings. The first-order valence-electron chi connectivity index (χ1n) is 5.89. The molecule has 0 bridgehead atoms. The van der Waals surface area contributed by atoms with Gasteiger partial charge in [-0.05, 0) is 26.2 Å². The van der Waals surface area contributed by atoms with Gasteiger partial charge in [0.15, 0.2) is 0 Å². The molecule has 0 aliphatic carbocycles. The molecule has 1 rings (SSSR count). The number of aromatic nitrogens is 1. The molecule has 0 amide bonds. The van der Waals surface area contributed by atoms with Crippen LogP contribution in [-0.2, 0) is 10.9 Å². The van der Waals surface area contributed by atoms with Gasteiger partial charge in [-0.3, -0.25) is 0 Å². The van der Waals surface area contributed by atoms with Gasteiger partial charge in [-0.25, -0.2) is 4.98 Å². The zero-order valence-corrected chi connectivity index (χ0v) is 11.0. The third-order valence-electron chi connectivity index (χ3n) is 2.33. The molecule has 1 N–H and O–H groups in total. The lowest BCUT2D eigenvalue weighted by molar-refractivity contribution is -0.137. The molecule has 1 aromatic heterocycles. The molecule has 0 radical (unpaired) electrons. The summed E-state index contributed by atoms with van der Waals surface area (Å²) in [7, 11) is 3.90. The Kier molecular flexibility index (Phi) is 6.04. The fraction of sp³-hybridized carbons (Fsp3) is 0.583. The van der Waals surface area contributed by atoms with Crippen molar-refractivity contribution in [3.8, 4) is 0 Å². The summed E-state index contributed by atoms with van der Waals surface area (Å²) in [6.07, 6.45) is -3.53. The lowest BCUT2D eigenvalue weighted by atomic mass is 10.3. The van der Waals surface area contributed by atoms with Crippen molar-refractivity contribution < 1.29 is 17.9 Å². The van der Waals surface area contributed by atoms with E-state index in [1.807, 2.05) is 19.0 Å². The standard InChI is InChI=1S/C12H18F3N3O/c1-18(2)6-8-19-7-5-16-11-4-3-10(9-17-11)12(13,14)15/h3-4,9H,5-8H2,1-2H3,(H,16,17). The second-order valence-corrected chi connectivity index (χ2v) is 4.27. The molecule has 0 saturated heterocycles. The lowest BCUT2D eigenvalue weighted by Crippen LogP contribution is -2.20. The van der Waals surface area contributed by atoms with Crippen LogP contribution in [0.2, 0.25) is 0 Å².